The van der Waals surface area contributed by atoms with Crippen LogP contribution in [0, 0.1) is 13.8 Å². The molecule has 0 bridgehead atoms. The highest BCUT2D eigenvalue weighted by Gasteiger charge is 2.35. The van der Waals surface area contributed by atoms with E-state index in [4.69, 9.17) is 13.6 Å². The van der Waals surface area contributed by atoms with Crippen LogP contribution in [0.2, 0.25) is 0 Å². The zero-order chi connectivity index (χ0) is 16.6. The van der Waals surface area contributed by atoms with Crippen LogP contribution in [-0.4, -0.2) is 42.6 Å². The highest BCUT2D eigenvalue weighted by molar-refractivity contribution is 7.89. The van der Waals surface area contributed by atoms with Crippen LogP contribution in [0.5, 0.6) is 0 Å². The number of hydrogen-bond acceptors (Lipinski definition) is 7. The maximum absolute atomic E-state index is 12.8. The molecule has 9 heteroatoms. The fourth-order valence-electron chi connectivity index (χ4n) is 2.54. The predicted octanol–water partition coefficient (Wildman–Crippen LogP) is 1.60. The molecule has 23 heavy (non-hydrogen) atoms. The number of nitrogens with zero attached hydrogens (tertiary/aromatic N) is 3. The molecule has 126 valence electrons. The lowest BCUT2D eigenvalue weighted by atomic mass is 10.3. The van der Waals surface area contributed by atoms with Gasteiger partial charge in [0.05, 0.1) is 6.61 Å². The molecule has 0 aromatic carbocycles. The molecule has 1 saturated heterocycles. The molecule has 0 unspecified atom stereocenters. The maximum atomic E-state index is 12.8. The molecule has 1 atom stereocenters. The fraction of sp³-hybridized carbons (Fsp3) is 0.571. The molecule has 1 fully saturated rings. The third-order valence-electron chi connectivity index (χ3n) is 3.70. The van der Waals surface area contributed by atoms with Gasteiger partial charge in [-0.05, 0) is 19.9 Å². The van der Waals surface area contributed by atoms with E-state index < -0.39 is 16.1 Å². The second-order valence-electron chi connectivity index (χ2n) is 5.39. The maximum Gasteiger partial charge on any atom is 0.246 e. The van der Waals surface area contributed by atoms with Gasteiger partial charge in [-0.2, -0.15) is 4.31 Å². The van der Waals surface area contributed by atoms with Gasteiger partial charge in [-0.1, -0.05) is 6.92 Å². The van der Waals surface area contributed by atoms with Crippen molar-refractivity contribution < 1.29 is 22.0 Å². The summed E-state index contributed by atoms with van der Waals surface area (Å²) in [6.45, 7) is 5.94. The molecule has 3 heterocycles. The summed E-state index contributed by atoms with van der Waals surface area (Å²) in [5, 5.41) is 7.83. The van der Waals surface area contributed by atoms with Gasteiger partial charge in [-0.15, -0.1) is 10.2 Å². The average molecular weight is 341 g/mol. The van der Waals surface area contributed by atoms with E-state index >= 15 is 0 Å². The van der Waals surface area contributed by atoms with E-state index in [1.165, 1.54) is 10.4 Å². The van der Waals surface area contributed by atoms with Gasteiger partial charge in [0.1, 0.15) is 22.5 Å². The Hall–Kier alpha value is -1.71. The zero-order valence-corrected chi connectivity index (χ0v) is 14.1. The molecule has 1 aliphatic heterocycles. The first kappa shape index (κ1) is 16.2. The number of aromatic nitrogens is 2. The summed E-state index contributed by atoms with van der Waals surface area (Å²) in [6, 6.07) is 1.54. The number of morpholine rings is 1. The summed E-state index contributed by atoms with van der Waals surface area (Å²) in [7, 11) is -3.64. The Bertz CT molecular complexity index is 795. The number of hydrogen-bond donors (Lipinski definition) is 0. The largest absolute Gasteiger partial charge is 0.465 e. The number of ether oxygens (including phenoxy) is 1. The monoisotopic (exact) mass is 341 g/mol. The lowest BCUT2D eigenvalue weighted by molar-refractivity contribution is -0.0178. The first-order chi connectivity index (χ1) is 10.9. The predicted molar refractivity (Wildman–Crippen MR) is 79.3 cm³/mol. The number of furan rings is 1. The van der Waals surface area contributed by atoms with E-state index in [-0.39, 0.29) is 24.6 Å². The SMILES string of the molecule is CCc1nnc([C@H]2CN(S(=O)(=O)c3cc(C)oc3C)CCO2)o1. The summed E-state index contributed by atoms with van der Waals surface area (Å²) in [5.74, 6) is 1.76. The third-order valence-corrected chi connectivity index (χ3v) is 5.68. The van der Waals surface area contributed by atoms with E-state index in [9.17, 15) is 8.42 Å². The van der Waals surface area contributed by atoms with Crippen LogP contribution >= 0.6 is 0 Å². The topological polar surface area (TPSA) is 98.7 Å². The normalized spacial score (nSPS) is 20.0. The van der Waals surface area contributed by atoms with Crippen LogP contribution in [0.3, 0.4) is 0 Å². The molecule has 1 aliphatic rings. The van der Waals surface area contributed by atoms with Crippen molar-refractivity contribution in [1.82, 2.24) is 14.5 Å². The van der Waals surface area contributed by atoms with Gasteiger partial charge in [0.2, 0.25) is 21.8 Å². The van der Waals surface area contributed by atoms with E-state index in [0.717, 1.165) is 0 Å². The van der Waals surface area contributed by atoms with Gasteiger partial charge in [-0.25, -0.2) is 8.42 Å². The molecule has 0 amide bonds. The van der Waals surface area contributed by atoms with Gasteiger partial charge < -0.3 is 13.6 Å². The van der Waals surface area contributed by atoms with Crippen LogP contribution in [-0.2, 0) is 21.2 Å². The van der Waals surface area contributed by atoms with Crippen molar-refractivity contribution >= 4 is 10.0 Å². The summed E-state index contributed by atoms with van der Waals surface area (Å²) in [6.07, 6.45) is 0.0644. The summed E-state index contributed by atoms with van der Waals surface area (Å²) in [4.78, 5) is 0.190. The van der Waals surface area contributed by atoms with Crippen LogP contribution in [0.1, 0.15) is 36.3 Å². The van der Waals surface area contributed by atoms with Gasteiger partial charge >= 0.3 is 0 Å². The summed E-state index contributed by atoms with van der Waals surface area (Å²) < 4.78 is 43.4. The zero-order valence-electron chi connectivity index (χ0n) is 13.3. The van der Waals surface area contributed by atoms with Gasteiger partial charge in [0.15, 0.2) is 0 Å². The molecule has 0 aliphatic carbocycles. The Labute approximate surface area is 134 Å². The molecule has 2 aromatic heterocycles. The highest BCUT2D eigenvalue weighted by atomic mass is 32.2. The van der Waals surface area contributed by atoms with Crippen molar-refractivity contribution in [3.63, 3.8) is 0 Å². The Morgan fingerprint density at radius 1 is 1.30 bits per heavy atom. The molecular formula is C14H19N3O5S. The number of sulfonamides is 1. The summed E-state index contributed by atoms with van der Waals surface area (Å²) >= 11 is 0. The molecule has 0 saturated carbocycles. The fourth-order valence-corrected chi connectivity index (χ4v) is 4.18. The number of rotatable bonds is 4. The quantitative estimate of drug-likeness (QED) is 0.833. The molecule has 8 nitrogen and oxygen atoms in total. The molecular weight excluding hydrogens is 322 g/mol. The molecule has 0 spiro atoms. The van der Waals surface area contributed by atoms with Gasteiger partial charge in [0, 0.05) is 19.5 Å². The summed E-state index contributed by atoms with van der Waals surface area (Å²) in [5.41, 5.74) is 0. The minimum absolute atomic E-state index is 0.136. The smallest absolute Gasteiger partial charge is 0.246 e. The second-order valence-corrected chi connectivity index (χ2v) is 7.29. The van der Waals surface area contributed by atoms with Crippen molar-refractivity contribution in [1.29, 1.82) is 0 Å². The first-order valence-corrected chi connectivity index (χ1v) is 8.87. The van der Waals surface area contributed by atoms with E-state index in [2.05, 4.69) is 10.2 Å². The van der Waals surface area contributed by atoms with Gasteiger partial charge in [0.25, 0.3) is 0 Å². The minimum atomic E-state index is -3.64. The van der Waals surface area contributed by atoms with Crippen LogP contribution in [0.25, 0.3) is 0 Å². The van der Waals surface area contributed by atoms with Crippen LogP contribution < -0.4 is 0 Å². The van der Waals surface area contributed by atoms with Crippen molar-refractivity contribution in [2.24, 2.45) is 0 Å². The lowest BCUT2D eigenvalue weighted by Crippen LogP contribution is -2.42. The Balaban J connectivity index is 1.84. The number of aryl methyl sites for hydroxylation is 3. The lowest BCUT2D eigenvalue weighted by Gasteiger charge is -2.30. The van der Waals surface area contributed by atoms with Crippen LogP contribution in [0.4, 0.5) is 0 Å². The van der Waals surface area contributed by atoms with E-state index in [1.807, 2.05) is 6.92 Å². The highest BCUT2D eigenvalue weighted by Crippen LogP contribution is 2.28. The van der Waals surface area contributed by atoms with Crippen molar-refractivity contribution in [2.75, 3.05) is 19.7 Å². The third kappa shape index (κ3) is 3.04. The van der Waals surface area contributed by atoms with E-state index in [0.29, 0.717) is 29.7 Å². The second kappa shape index (κ2) is 6.06. The Kier molecular flexibility index (Phi) is 4.26. The molecule has 3 rings (SSSR count). The molecule has 0 radical (unpaired) electrons. The van der Waals surface area contributed by atoms with Crippen molar-refractivity contribution in [3.8, 4) is 0 Å². The molecule has 2 aromatic rings. The minimum Gasteiger partial charge on any atom is -0.465 e. The standard InChI is InChI=1S/C14H19N3O5S/c1-4-13-15-16-14(22-13)11-8-17(5-6-20-11)23(18,19)12-7-9(2)21-10(12)3/h7,11H,4-6,8H2,1-3H3/t11-/m1/s1. The van der Waals surface area contributed by atoms with Crippen molar-refractivity contribution in [3.05, 3.63) is 29.4 Å². The average Bonchev–Trinajstić information content (AvgIpc) is 3.14. The van der Waals surface area contributed by atoms with E-state index in [1.54, 1.807) is 13.8 Å². The Morgan fingerprint density at radius 2 is 2.09 bits per heavy atom. The van der Waals surface area contributed by atoms with Crippen molar-refractivity contribution in [2.45, 2.75) is 38.2 Å². The Morgan fingerprint density at radius 3 is 2.70 bits per heavy atom. The van der Waals surface area contributed by atoms with Crippen LogP contribution in [0.15, 0.2) is 19.8 Å². The molecule has 0 N–H and O–H groups in total. The first-order valence-electron chi connectivity index (χ1n) is 7.43. The van der Waals surface area contributed by atoms with Gasteiger partial charge in [-0.3, -0.25) is 0 Å².